The number of fused-ring (bicyclic) bond motifs is 1. The number of carbonyl (C=O) groups excluding carboxylic acids is 3. The number of imide groups is 1. The molecule has 0 spiro atoms. The molecule has 3 amide bonds. The summed E-state index contributed by atoms with van der Waals surface area (Å²) in [5, 5.41) is 2.09. The second-order valence-electron chi connectivity index (χ2n) is 7.78. The summed E-state index contributed by atoms with van der Waals surface area (Å²) in [5.74, 6) is -2.17. The van der Waals surface area contributed by atoms with Gasteiger partial charge in [0.25, 0.3) is 11.8 Å². The van der Waals surface area contributed by atoms with Crippen molar-refractivity contribution in [1.29, 1.82) is 0 Å². The van der Waals surface area contributed by atoms with Crippen molar-refractivity contribution in [2.24, 2.45) is 5.92 Å². The predicted molar refractivity (Wildman–Crippen MR) is 129 cm³/mol. The Hall–Kier alpha value is -2.71. The number of rotatable bonds is 3. The maximum atomic E-state index is 13.6. The average molecular weight is 545 g/mol. The van der Waals surface area contributed by atoms with Gasteiger partial charge < -0.3 is 0 Å². The molecular weight excluding hydrogens is 529 g/mol. The number of hydrogen-bond donors (Lipinski definition) is 1. The number of nitrogens with one attached hydrogen (secondary N) is 1. The number of hydrogen-bond acceptors (Lipinski definition) is 4. The molecule has 0 unspecified atom stereocenters. The van der Waals surface area contributed by atoms with E-state index in [-0.39, 0.29) is 5.02 Å². The monoisotopic (exact) mass is 543 g/mol. The van der Waals surface area contributed by atoms with E-state index in [1.807, 2.05) is 0 Å². The van der Waals surface area contributed by atoms with Crippen LogP contribution in [0, 0.1) is 5.92 Å². The molecule has 0 saturated carbocycles. The molecule has 2 fully saturated rings. The number of amides is 3. The lowest BCUT2D eigenvalue weighted by Gasteiger charge is -2.25. The van der Waals surface area contributed by atoms with E-state index in [0.717, 1.165) is 14.9 Å². The number of anilines is 1. The standard InChI is InChI=1S/C24H16BrCl2N3O3/c25-15-5-3-4-14(12-15)22(31)30-21-19(20(28-30)13-8-10-16(26)11-9-13)23(32)29(24(21)33)18-7-2-1-6-17(18)27/h1-12,19-21,28H/t19-,20-,21+/m1/s1. The zero-order valence-electron chi connectivity index (χ0n) is 16.9. The summed E-state index contributed by atoms with van der Waals surface area (Å²) in [6.45, 7) is 0. The SMILES string of the molecule is O=C1[C@@H]2[C@@H](c3ccc(Cl)cc3)NN(C(=O)c3cccc(Br)c3)[C@@H]2C(=O)N1c1ccccc1Cl. The van der Waals surface area contributed by atoms with Crippen molar-refractivity contribution in [3.8, 4) is 0 Å². The summed E-state index contributed by atoms with van der Waals surface area (Å²) in [4.78, 5) is 41.7. The van der Waals surface area contributed by atoms with Gasteiger partial charge in [0.2, 0.25) is 5.91 Å². The highest BCUT2D eigenvalue weighted by molar-refractivity contribution is 9.10. The van der Waals surface area contributed by atoms with Crippen LogP contribution < -0.4 is 10.3 Å². The molecule has 0 aromatic heterocycles. The third kappa shape index (κ3) is 3.75. The quantitative estimate of drug-likeness (QED) is 0.470. The molecule has 166 valence electrons. The van der Waals surface area contributed by atoms with Crippen LogP contribution in [0.1, 0.15) is 22.0 Å². The predicted octanol–water partition coefficient (Wildman–Crippen LogP) is 5.02. The summed E-state index contributed by atoms with van der Waals surface area (Å²) < 4.78 is 0.727. The molecule has 0 aliphatic carbocycles. The Morgan fingerprint density at radius 3 is 2.33 bits per heavy atom. The third-order valence-electron chi connectivity index (χ3n) is 5.85. The van der Waals surface area contributed by atoms with Crippen LogP contribution in [0.15, 0.2) is 77.3 Å². The van der Waals surface area contributed by atoms with Gasteiger partial charge in [-0.2, -0.15) is 0 Å². The zero-order chi connectivity index (χ0) is 23.3. The minimum Gasteiger partial charge on any atom is -0.274 e. The summed E-state index contributed by atoms with van der Waals surface area (Å²) in [6, 6.07) is 18.9. The summed E-state index contributed by atoms with van der Waals surface area (Å²) in [6.07, 6.45) is 0. The molecule has 9 heteroatoms. The highest BCUT2D eigenvalue weighted by atomic mass is 79.9. The minimum atomic E-state index is -1.03. The van der Waals surface area contributed by atoms with E-state index in [4.69, 9.17) is 23.2 Å². The molecular formula is C24H16BrCl2N3O3. The van der Waals surface area contributed by atoms with Crippen molar-refractivity contribution in [2.75, 3.05) is 4.90 Å². The normalized spacial score (nSPS) is 22.1. The van der Waals surface area contributed by atoms with E-state index < -0.39 is 35.7 Å². The molecule has 2 aliphatic rings. The van der Waals surface area contributed by atoms with E-state index in [1.165, 1.54) is 5.01 Å². The summed E-state index contributed by atoms with van der Waals surface area (Å²) in [7, 11) is 0. The Morgan fingerprint density at radius 2 is 1.64 bits per heavy atom. The number of nitrogens with zero attached hydrogens (tertiary/aromatic N) is 2. The lowest BCUT2D eigenvalue weighted by Crippen LogP contribution is -2.48. The topological polar surface area (TPSA) is 69.7 Å². The summed E-state index contributed by atoms with van der Waals surface area (Å²) in [5.41, 5.74) is 4.53. The average Bonchev–Trinajstić information content (AvgIpc) is 3.31. The second kappa shape index (κ2) is 8.57. The van der Waals surface area contributed by atoms with Gasteiger partial charge in [0.15, 0.2) is 0 Å². The lowest BCUT2D eigenvalue weighted by molar-refractivity contribution is -0.123. The minimum absolute atomic E-state index is 0.278. The number of benzene rings is 3. The van der Waals surface area contributed by atoms with Crippen LogP contribution in [-0.2, 0) is 9.59 Å². The Kier molecular flexibility index (Phi) is 5.74. The first-order chi connectivity index (χ1) is 15.9. The molecule has 5 rings (SSSR count). The second-order valence-corrected chi connectivity index (χ2v) is 9.54. The van der Waals surface area contributed by atoms with Gasteiger partial charge in [0, 0.05) is 15.1 Å². The molecule has 2 aliphatic heterocycles. The van der Waals surface area contributed by atoms with Gasteiger partial charge in [-0.25, -0.2) is 10.3 Å². The van der Waals surface area contributed by atoms with E-state index >= 15 is 0 Å². The maximum absolute atomic E-state index is 13.6. The molecule has 6 nitrogen and oxygen atoms in total. The number of halogens is 3. The van der Waals surface area contributed by atoms with Gasteiger partial charge in [-0.1, -0.05) is 69.5 Å². The van der Waals surface area contributed by atoms with Gasteiger partial charge in [-0.05, 0) is 48.0 Å². The van der Waals surface area contributed by atoms with Crippen molar-refractivity contribution >= 4 is 62.5 Å². The van der Waals surface area contributed by atoms with Crippen molar-refractivity contribution in [3.05, 3.63) is 98.4 Å². The molecule has 1 N–H and O–H groups in total. The smallest absolute Gasteiger partial charge is 0.268 e. The van der Waals surface area contributed by atoms with Gasteiger partial charge in [-0.15, -0.1) is 0 Å². The molecule has 3 atom stereocenters. The molecule has 2 heterocycles. The number of para-hydroxylation sites is 1. The van der Waals surface area contributed by atoms with Gasteiger partial charge in [0.05, 0.1) is 22.7 Å². The Labute approximate surface area is 208 Å². The van der Waals surface area contributed by atoms with Crippen molar-refractivity contribution in [2.45, 2.75) is 12.1 Å². The lowest BCUT2D eigenvalue weighted by atomic mass is 9.91. The van der Waals surface area contributed by atoms with Crippen LogP contribution >= 0.6 is 39.1 Å². The number of carbonyl (C=O) groups is 3. The van der Waals surface area contributed by atoms with Crippen LogP contribution in [0.25, 0.3) is 0 Å². The van der Waals surface area contributed by atoms with Gasteiger partial charge >= 0.3 is 0 Å². The first kappa shape index (κ1) is 22.1. The van der Waals surface area contributed by atoms with Crippen LogP contribution in [0.5, 0.6) is 0 Å². The molecule has 3 aromatic carbocycles. The van der Waals surface area contributed by atoms with Gasteiger partial charge in [-0.3, -0.25) is 19.4 Å². The fourth-order valence-electron chi connectivity index (χ4n) is 4.35. The van der Waals surface area contributed by atoms with Crippen LogP contribution in [0.3, 0.4) is 0 Å². The van der Waals surface area contributed by atoms with Gasteiger partial charge in [0.1, 0.15) is 6.04 Å². The largest absolute Gasteiger partial charge is 0.274 e. The van der Waals surface area contributed by atoms with E-state index in [2.05, 4.69) is 21.4 Å². The molecule has 2 saturated heterocycles. The van der Waals surface area contributed by atoms with Crippen molar-refractivity contribution in [3.63, 3.8) is 0 Å². The molecule has 3 aromatic rings. The third-order valence-corrected chi connectivity index (χ3v) is 6.91. The van der Waals surface area contributed by atoms with Crippen LogP contribution in [0.4, 0.5) is 5.69 Å². The highest BCUT2D eigenvalue weighted by Crippen LogP contribution is 2.43. The van der Waals surface area contributed by atoms with E-state index in [0.29, 0.717) is 16.3 Å². The highest BCUT2D eigenvalue weighted by Gasteiger charge is 2.60. The fourth-order valence-corrected chi connectivity index (χ4v) is 5.10. The Bertz CT molecular complexity index is 1280. The Morgan fingerprint density at radius 1 is 0.909 bits per heavy atom. The Balaban J connectivity index is 1.60. The zero-order valence-corrected chi connectivity index (χ0v) is 20.0. The van der Waals surface area contributed by atoms with Crippen molar-refractivity contribution < 1.29 is 14.4 Å². The van der Waals surface area contributed by atoms with Crippen LogP contribution in [0.2, 0.25) is 10.0 Å². The number of hydrazine groups is 1. The van der Waals surface area contributed by atoms with E-state index in [1.54, 1.807) is 72.8 Å². The first-order valence-electron chi connectivity index (χ1n) is 10.1. The summed E-state index contributed by atoms with van der Waals surface area (Å²) >= 11 is 15.7. The maximum Gasteiger partial charge on any atom is 0.268 e. The molecule has 0 radical (unpaired) electrons. The molecule has 33 heavy (non-hydrogen) atoms. The first-order valence-corrected chi connectivity index (χ1v) is 11.6. The fraction of sp³-hybridized carbons (Fsp3) is 0.125. The van der Waals surface area contributed by atoms with Crippen molar-refractivity contribution in [1.82, 2.24) is 10.4 Å². The van der Waals surface area contributed by atoms with Crippen LogP contribution in [-0.4, -0.2) is 28.8 Å². The molecule has 0 bridgehead atoms. The van der Waals surface area contributed by atoms with E-state index in [9.17, 15) is 14.4 Å².